The molecule has 0 aliphatic heterocycles. The molecule has 0 fully saturated rings. The zero-order valence-corrected chi connectivity index (χ0v) is 19.5. The van der Waals surface area contributed by atoms with E-state index in [0.29, 0.717) is 22.3 Å². The SMILES string of the molecule is Cc1cnc2c(C(F)(F)F)cccc2c1-c1cccc(OCc2ccc(C(C)(C)C(=O)O)cc2)c1. The van der Waals surface area contributed by atoms with Gasteiger partial charge in [-0.25, -0.2) is 0 Å². The third-order valence-corrected chi connectivity index (χ3v) is 6.13. The van der Waals surface area contributed by atoms with Crippen LogP contribution in [0, 0.1) is 6.92 Å². The summed E-state index contributed by atoms with van der Waals surface area (Å²) in [6, 6.07) is 18.5. The molecule has 0 bridgehead atoms. The monoisotopic (exact) mass is 479 g/mol. The van der Waals surface area contributed by atoms with Gasteiger partial charge in [0.2, 0.25) is 0 Å². The number of nitrogens with zero attached hydrogens (tertiary/aromatic N) is 1. The van der Waals surface area contributed by atoms with Crippen molar-refractivity contribution in [1.82, 2.24) is 4.98 Å². The van der Waals surface area contributed by atoms with Gasteiger partial charge in [-0.15, -0.1) is 0 Å². The molecule has 4 nitrogen and oxygen atoms in total. The van der Waals surface area contributed by atoms with Gasteiger partial charge in [-0.05, 0) is 66.8 Å². The van der Waals surface area contributed by atoms with Gasteiger partial charge in [-0.3, -0.25) is 9.78 Å². The van der Waals surface area contributed by atoms with Crippen LogP contribution in [0.4, 0.5) is 13.2 Å². The largest absolute Gasteiger partial charge is 0.489 e. The summed E-state index contributed by atoms with van der Waals surface area (Å²) in [5.41, 5.74) is 1.86. The number of hydrogen-bond acceptors (Lipinski definition) is 3. The number of halogens is 3. The number of rotatable bonds is 6. The highest BCUT2D eigenvalue weighted by Gasteiger charge is 2.33. The molecule has 0 unspecified atom stereocenters. The van der Waals surface area contributed by atoms with E-state index in [0.717, 1.165) is 22.8 Å². The number of aromatic nitrogens is 1. The molecule has 0 spiro atoms. The molecule has 1 aromatic heterocycles. The minimum atomic E-state index is -4.50. The number of para-hydroxylation sites is 1. The molecule has 0 saturated heterocycles. The topological polar surface area (TPSA) is 59.4 Å². The van der Waals surface area contributed by atoms with E-state index in [2.05, 4.69) is 4.98 Å². The molecule has 0 amide bonds. The number of hydrogen-bond donors (Lipinski definition) is 1. The second kappa shape index (κ2) is 9.06. The van der Waals surface area contributed by atoms with Gasteiger partial charge in [0.25, 0.3) is 0 Å². The lowest BCUT2D eigenvalue weighted by molar-refractivity contribution is -0.142. The summed E-state index contributed by atoms with van der Waals surface area (Å²) in [5, 5.41) is 9.82. The Balaban J connectivity index is 1.62. The fourth-order valence-corrected chi connectivity index (χ4v) is 3.98. The summed E-state index contributed by atoms with van der Waals surface area (Å²) in [6.07, 6.45) is -3.04. The van der Waals surface area contributed by atoms with E-state index in [-0.39, 0.29) is 12.1 Å². The summed E-state index contributed by atoms with van der Waals surface area (Å²) in [7, 11) is 0. The Morgan fingerprint density at radius 2 is 1.69 bits per heavy atom. The van der Waals surface area contributed by atoms with Crippen LogP contribution in [-0.4, -0.2) is 16.1 Å². The van der Waals surface area contributed by atoms with Crippen molar-refractivity contribution in [3.63, 3.8) is 0 Å². The van der Waals surface area contributed by atoms with Gasteiger partial charge in [0.1, 0.15) is 12.4 Å². The smallest absolute Gasteiger partial charge is 0.418 e. The normalized spacial score (nSPS) is 12.1. The fourth-order valence-electron chi connectivity index (χ4n) is 3.98. The van der Waals surface area contributed by atoms with Crippen LogP contribution >= 0.6 is 0 Å². The number of pyridine rings is 1. The molecule has 35 heavy (non-hydrogen) atoms. The summed E-state index contributed by atoms with van der Waals surface area (Å²) in [5.74, 6) is -0.339. The van der Waals surface area contributed by atoms with E-state index >= 15 is 0 Å². The van der Waals surface area contributed by atoms with Crippen LogP contribution in [0.2, 0.25) is 0 Å². The third-order valence-electron chi connectivity index (χ3n) is 6.13. The Hall–Kier alpha value is -3.87. The van der Waals surface area contributed by atoms with Crippen LogP contribution in [0.25, 0.3) is 22.0 Å². The number of aliphatic carboxylic acids is 1. The van der Waals surface area contributed by atoms with E-state index in [9.17, 15) is 23.1 Å². The molecule has 180 valence electrons. The molecule has 4 rings (SSSR count). The molecule has 1 heterocycles. The number of aryl methyl sites for hydroxylation is 1. The van der Waals surface area contributed by atoms with Gasteiger partial charge in [-0.1, -0.05) is 48.5 Å². The van der Waals surface area contributed by atoms with Crippen LogP contribution in [0.1, 0.15) is 36.1 Å². The maximum absolute atomic E-state index is 13.5. The molecule has 4 aromatic rings. The first-order chi connectivity index (χ1) is 16.5. The van der Waals surface area contributed by atoms with Crippen LogP contribution in [0.15, 0.2) is 72.9 Å². The average molecular weight is 479 g/mol. The Morgan fingerprint density at radius 3 is 2.34 bits per heavy atom. The van der Waals surface area contributed by atoms with Crippen LogP contribution in [0.5, 0.6) is 5.75 Å². The predicted molar refractivity (Wildman–Crippen MR) is 128 cm³/mol. The molecular formula is C28H24F3NO3. The maximum atomic E-state index is 13.5. The number of benzene rings is 3. The zero-order valence-electron chi connectivity index (χ0n) is 19.5. The van der Waals surface area contributed by atoms with Gasteiger partial charge in [0.15, 0.2) is 0 Å². The molecule has 3 aromatic carbocycles. The fraction of sp³-hybridized carbons (Fsp3) is 0.214. The van der Waals surface area contributed by atoms with Gasteiger partial charge >= 0.3 is 12.1 Å². The predicted octanol–water partition coefficient (Wildman–Crippen LogP) is 7.17. The Bertz CT molecular complexity index is 1390. The van der Waals surface area contributed by atoms with Gasteiger partial charge < -0.3 is 9.84 Å². The van der Waals surface area contributed by atoms with Gasteiger partial charge in [-0.2, -0.15) is 13.2 Å². The lowest BCUT2D eigenvalue weighted by Gasteiger charge is -2.20. The second-order valence-electron chi connectivity index (χ2n) is 8.96. The first-order valence-electron chi connectivity index (χ1n) is 11.0. The quantitative estimate of drug-likeness (QED) is 0.319. The van der Waals surface area contributed by atoms with Crippen LogP contribution in [0.3, 0.4) is 0 Å². The standard InChI is InChI=1S/C28H24F3NO3/c1-17-15-32-25-22(8-5-9-23(25)28(29,30)31)24(17)19-6-4-7-21(14-19)35-16-18-10-12-20(13-11-18)27(2,3)26(33)34/h4-15H,16H2,1-3H3,(H,33,34). The highest BCUT2D eigenvalue weighted by molar-refractivity contribution is 5.97. The molecule has 0 saturated carbocycles. The molecular weight excluding hydrogens is 455 g/mol. The number of carboxylic acids is 1. The first-order valence-corrected chi connectivity index (χ1v) is 11.0. The molecule has 0 aliphatic rings. The molecule has 0 radical (unpaired) electrons. The summed E-state index contributed by atoms with van der Waals surface area (Å²) < 4.78 is 46.5. The van der Waals surface area contributed by atoms with Crippen LogP contribution in [-0.2, 0) is 23.0 Å². The second-order valence-corrected chi connectivity index (χ2v) is 8.96. The van der Waals surface area contributed by atoms with Crippen molar-refractivity contribution in [3.05, 3.63) is 95.2 Å². The van der Waals surface area contributed by atoms with Crippen molar-refractivity contribution in [2.45, 2.75) is 39.0 Å². The Kier molecular flexibility index (Phi) is 6.28. The number of carboxylic acid groups (broad SMARTS) is 1. The van der Waals surface area contributed by atoms with Crippen LogP contribution < -0.4 is 4.74 Å². The minimum Gasteiger partial charge on any atom is -0.489 e. The van der Waals surface area contributed by atoms with Crippen molar-refractivity contribution < 1.29 is 27.8 Å². The number of ether oxygens (including phenoxy) is 1. The minimum absolute atomic E-state index is 0.0868. The van der Waals surface area contributed by atoms with E-state index in [1.54, 1.807) is 50.2 Å². The number of fused-ring (bicyclic) bond motifs is 1. The third kappa shape index (κ3) is 4.85. The van der Waals surface area contributed by atoms with Gasteiger partial charge in [0.05, 0.1) is 16.5 Å². The lowest BCUT2D eigenvalue weighted by Crippen LogP contribution is -2.28. The molecule has 0 atom stereocenters. The van der Waals surface area contributed by atoms with E-state index in [1.165, 1.54) is 12.3 Å². The van der Waals surface area contributed by atoms with Crippen molar-refractivity contribution in [2.24, 2.45) is 0 Å². The summed E-state index contributed by atoms with van der Waals surface area (Å²) in [6.45, 7) is 5.37. The van der Waals surface area contributed by atoms with E-state index < -0.39 is 23.1 Å². The number of carbonyl (C=O) groups is 1. The van der Waals surface area contributed by atoms with Crippen molar-refractivity contribution in [3.8, 4) is 16.9 Å². The molecule has 1 N–H and O–H groups in total. The number of alkyl halides is 3. The maximum Gasteiger partial charge on any atom is 0.418 e. The van der Waals surface area contributed by atoms with Crippen molar-refractivity contribution in [2.75, 3.05) is 0 Å². The highest BCUT2D eigenvalue weighted by Crippen LogP contribution is 2.39. The highest BCUT2D eigenvalue weighted by atomic mass is 19.4. The molecule has 7 heteroatoms. The lowest BCUT2D eigenvalue weighted by atomic mass is 9.84. The van der Waals surface area contributed by atoms with E-state index in [1.807, 2.05) is 25.1 Å². The average Bonchev–Trinajstić information content (AvgIpc) is 2.82. The van der Waals surface area contributed by atoms with Crippen molar-refractivity contribution in [1.29, 1.82) is 0 Å². The Labute approximate surface area is 201 Å². The van der Waals surface area contributed by atoms with E-state index in [4.69, 9.17) is 4.74 Å². The Morgan fingerprint density at radius 1 is 1.00 bits per heavy atom. The zero-order chi connectivity index (χ0) is 25.4. The summed E-state index contributed by atoms with van der Waals surface area (Å²) >= 11 is 0. The summed E-state index contributed by atoms with van der Waals surface area (Å²) in [4.78, 5) is 15.5. The first kappa shape index (κ1) is 24.3. The van der Waals surface area contributed by atoms with Gasteiger partial charge in [0, 0.05) is 11.6 Å². The molecule has 0 aliphatic carbocycles. The van der Waals surface area contributed by atoms with Crippen molar-refractivity contribution >= 4 is 16.9 Å².